The molecule has 3 N–H and O–H groups in total. The number of amides is 2. The molecule has 0 atom stereocenters. The van der Waals surface area contributed by atoms with Gasteiger partial charge in [-0.1, -0.05) is 11.6 Å². The average molecular weight is 353 g/mol. The van der Waals surface area contributed by atoms with Gasteiger partial charge in [-0.3, -0.25) is 0 Å². The molecular formula is C15H17BrN2O3. The summed E-state index contributed by atoms with van der Waals surface area (Å²) in [6.07, 6.45) is 6.57. The normalized spacial score (nSPS) is 13.7. The van der Waals surface area contributed by atoms with E-state index in [4.69, 9.17) is 5.11 Å². The number of aromatic carboxylic acids is 1. The first-order valence-electron chi connectivity index (χ1n) is 6.82. The fourth-order valence-corrected chi connectivity index (χ4v) is 2.66. The Morgan fingerprint density at radius 1 is 1.33 bits per heavy atom. The van der Waals surface area contributed by atoms with Gasteiger partial charge in [-0.25, -0.2) is 9.59 Å². The van der Waals surface area contributed by atoms with E-state index in [0.717, 1.165) is 19.3 Å². The Hall–Kier alpha value is -1.82. The molecule has 0 aliphatic heterocycles. The minimum atomic E-state index is -1.04. The Balaban J connectivity index is 1.84. The number of halogens is 1. The van der Waals surface area contributed by atoms with Crippen LogP contribution >= 0.6 is 15.9 Å². The van der Waals surface area contributed by atoms with Crippen molar-refractivity contribution in [2.45, 2.75) is 25.7 Å². The minimum Gasteiger partial charge on any atom is -0.478 e. The van der Waals surface area contributed by atoms with Crippen LogP contribution in [0.4, 0.5) is 10.5 Å². The van der Waals surface area contributed by atoms with Gasteiger partial charge in [0, 0.05) is 16.7 Å². The summed E-state index contributed by atoms with van der Waals surface area (Å²) in [6, 6.07) is 4.34. The number of urea groups is 1. The highest BCUT2D eigenvalue weighted by atomic mass is 79.9. The molecule has 0 fully saturated rings. The molecule has 2 rings (SSSR count). The predicted octanol–water partition coefficient (Wildman–Crippen LogP) is 3.77. The van der Waals surface area contributed by atoms with Crippen LogP contribution in [0.25, 0.3) is 0 Å². The van der Waals surface area contributed by atoms with E-state index in [2.05, 4.69) is 32.6 Å². The lowest BCUT2D eigenvalue weighted by Gasteiger charge is -2.09. The molecule has 0 bridgehead atoms. The smallest absolute Gasteiger partial charge is 0.336 e. The number of carboxylic acid groups (broad SMARTS) is 1. The van der Waals surface area contributed by atoms with E-state index in [1.807, 2.05) is 0 Å². The molecule has 6 heteroatoms. The second-order valence-electron chi connectivity index (χ2n) is 4.89. The van der Waals surface area contributed by atoms with Crippen LogP contribution in [0.3, 0.4) is 0 Å². The topological polar surface area (TPSA) is 78.4 Å². The van der Waals surface area contributed by atoms with Gasteiger partial charge in [-0.15, -0.1) is 0 Å². The molecule has 0 aromatic heterocycles. The largest absolute Gasteiger partial charge is 0.478 e. The number of allylic oxidation sites excluding steroid dienone is 1. The highest BCUT2D eigenvalue weighted by Crippen LogP contribution is 2.21. The predicted molar refractivity (Wildman–Crippen MR) is 84.7 cm³/mol. The van der Waals surface area contributed by atoms with E-state index < -0.39 is 5.97 Å². The summed E-state index contributed by atoms with van der Waals surface area (Å²) >= 11 is 3.16. The Kier molecular flexibility index (Phi) is 5.38. The Morgan fingerprint density at radius 2 is 2.14 bits per heavy atom. The third-order valence-electron chi connectivity index (χ3n) is 3.32. The molecule has 21 heavy (non-hydrogen) atoms. The summed E-state index contributed by atoms with van der Waals surface area (Å²) < 4.78 is 0.481. The third-order valence-corrected chi connectivity index (χ3v) is 4.01. The van der Waals surface area contributed by atoms with Crippen LogP contribution in [0, 0.1) is 0 Å². The van der Waals surface area contributed by atoms with Crippen LogP contribution in [-0.2, 0) is 0 Å². The minimum absolute atomic E-state index is 0.115. The molecule has 1 aromatic carbocycles. The maximum Gasteiger partial charge on any atom is 0.336 e. The number of carboxylic acids is 1. The van der Waals surface area contributed by atoms with E-state index in [1.54, 1.807) is 12.1 Å². The van der Waals surface area contributed by atoms with Crippen molar-refractivity contribution in [1.82, 2.24) is 5.32 Å². The van der Waals surface area contributed by atoms with E-state index in [1.165, 1.54) is 18.1 Å². The van der Waals surface area contributed by atoms with Gasteiger partial charge in [-0.2, -0.15) is 0 Å². The number of anilines is 1. The number of hydrogen-bond acceptors (Lipinski definition) is 2. The van der Waals surface area contributed by atoms with Crippen LogP contribution in [0.5, 0.6) is 0 Å². The third kappa shape index (κ3) is 4.60. The molecule has 112 valence electrons. The lowest BCUT2D eigenvalue weighted by atomic mass is 10.2. The highest BCUT2D eigenvalue weighted by Gasteiger charge is 2.10. The molecule has 0 heterocycles. The van der Waals surface area contributed by atoms with Crippen molar-refractivity contribution in [1.29, 1.82) is 0 Å². The summed E-state index contributed by atoms with van der Waals surface area (Å²) in [5.74, 6) is -1.04. The second-order valence-corrected chi connectivity index (χ2v) is 5.74. The van der Waals surface area contributed by atoms with Crippen molar-refractivity contribution in [2.24, 2.45) is 0 Å². The van der Waals surface area contributed by atoms with E-state index in [-0.39, 0.29) is 11.6 Å². The van der Waals surface area contributed by atoms with Crippen molar-refractivity contribution >= 4 is 33.6 Å². The molecule has 0 spiro atoms. The zero-order valence-corrected chi connectivity index (χ0v) is 13.1. The van der Waals surface area contributed by atoms with Crippen LogP contribution in [0.2, 0.25) is 0 Å². The number of carbonyl (C=O) groups is 2. The van der Waals surface area contributed by atoms with E-state index >= 15 is 0 Å². The van der Waals surface area contributed by atoms with Gasteiger partial charge in [0.05, 0.1) is 5.56 Å². The zero-order chi connectivity index (χ0) is 15.2. The van der Waals surface area contributed by atoms with Gasteiger partial charge in [0.15, 0.2) is 0 Å². The van der Waals surface area contributed by atoms with Gasteiger partial charge in [-0.05, 0) is 59.8 Å². The van der Waals surface area contributed by atoms with Gasteiger partial charge in [0.2, 0.25) is 0 Å². The summed E-state index contributed by atoms with van der Waals surface area (Å²) in [4.78, 5) is 22.8. The van der Waals surface area contributed by atoms with Crippen LogP contribution < -0.4 is 10.6 Å². The summed E-state index contributed by atoms with van der Waals surface area (Å²) in [7, 11) is 0. The first-order chi connectivity index (χ1) is 10.1. The van der Waals surface area contributed by atoms with Crippen LogP contribution in [0.1, 0.15) is 36.0 Å². The zero-order valence-electron chi connectivity index (χ0n) is 11.5. The Morgan fingerprint density at radius 3 is 2.81 bits per heavy atom. The fraction of sp³-hybridized carbons (Fsp3) is 0.333. The summed E-state index contributed by atoms with van der Waals surface area (Å²) in [5.41, 5.74) is 1.96. The average Bonchev–Trinajstić information content (AvgIpc) is 2.94. The van der Waals surface area contributed by atoms with Crippen LogP contribution in [0.15, 0.2) is 34.3 Å². The number of rotatable bonds is 5. The van der Waals surface area contributed by atoms with Crippen molar-refractivity contribution in [3.05, 3.63) is 39.9 Å². The summed E-state index contributed by atoms with van der Waals surface area (Å²) in [5, 5.41) is 14.4. The number of hydrogen-bond donors (Lipinski definition) is 3. The molecule has 1 aliphatic carbocycles. The SMILES string of the molecule is O=C(NCCC1=CCCC1)Nc1ccc(Br)c(C(=O)O)c1. The lowest BCUT2D eigenvalue weighted by Crippen LogP contribution is -2.29. The maximum absolute atomic E-state index is 11.8. The fourth-order valence-electron chi connectivity index (χ4n) is 2.24. The quantitative estimate of drug-likeness (QED) is 0.705. The number of nitrogens with one attached hydrogen (secondary N) is 2. The van der Waals surface area contributed by atoms with E-state index in [0.29, 0.717) is 16.7 Å². The van der Waals surface area contributed by atoms with Gasteiger partial charge in [0.25, 0.3) is 0 Å². The first-order valence-corrected chi connectivity index (χ1v) is 7.61. The molecule has 5 nitrogen and oxygen atoms in total. The van der Waals surface area contributed by atoms with Crippen LogP contribution in [-0.4, -0.2) is 23.7 Å². The molecule has 1 aliphatic rings. The Labute approximate surface area is 131 Å². The molecule has 0 saturated carbocycles. The monoisotopic (exact) mass is 352 g/mol. The maximum atomic E-state index is 11.8. The summed E-state index contributed by atoms with van der Waals surface area (Å²) in [6.45, 7) is 0.583. The standard InChI is InChI=1S/C15H17BrN2O3/c16-13-6-5-11(9-12(13)14(19)20)18-15(21)17-8-7-10-3-1-2-4-10/h3,5-6,9H,1-2,4,7-8H2,(H,19,20)(H2,17,18,21). The van der Waals surface area contributed by atoms with Crippen molar-refractivity contribution in [3.63, 3.8) is 0 Å². The van der Waals surface area contributed by atoms with Gasteiger partial charge >= 0.3 is 12.0 Å². The van der Waals surface area contributed by atoms with Crippen molar-refractivity contribution < 1.29 is 14.7 Å². The highest BCUT2D eigenvalue weighted by molar-refractivity contribution is 9.10. The lowest BCUT2D eigenvalue weighted by molar-refractivity contribution is 0.0696. The number of carbonyl (C=O) groups excluding carboxylic acids is 1. The second kappa shape index (κ2) is 7.26. The van der Waals surface area contributed by atoms with Crippen molar-refractivity contribution in [2.75, 3.05) is 11.9 Å². The molecule has 2 amide bonds. The van der Waals surface area contributed by atoms with Gasteiger partial charge < -0.3 is 15.7 Å². The molecule has 0 unspecified atom stereocenters. The molecular weight excluding hydrogens is 336 g/mol. The first kappa shape index (κ1) is 15.6. The number of benzene rings is 1. The molecule has 0 saturated heterocycles. The van der Waals surface area contributed by atoms with E-state index in [9.17, 15) is 9.59 Å². The Bertz CT molecular complexity index is 584. The molecule has 1 aromatic rings. The van der Waals surface area contributed by atoms with Crippen molar-refractivity contribution in [3.8, 4) is 0 Å². The molecule has 0 radical (unpaired) electrons. The van der Waals surface area contributed by atoms with Gasteiger partial charge in [0.1, 0.15) is 0 Å².